The highest BCUT2D eigenvalue weighted by Crippen LogP contribution is 2.22. The molecule has 1 atom stereocenters. The molecule has 11 nitrogen and oxygen atoms in total. The third kappa shape index (κ3) is 4.76. The van der Waals surface area contributed by atoms with E-state index >= 15 is 0 Å². The van der Waals surface area contributed by atoms with E-state index in [1.54, 1.807) is 46.8 Å². The number of carbonyl (C=O) groups is 2. The van der Waals surface area contributed by atoms with Gasteiger partial charge in [0.15, 0.2) is 5.69 Å². The van der Waals surface area contributed by atoms with Gasteiger partial charge in [0.25, 0.3) is 5.91 Å². The molecule has 1 fully saturated rings. The van der Waals surface area contributed by atoms with Gasteiger partial charge in [0, 0.05) is 36.6 Å². The first kappa shape index (κ1) is 22.7. The van der Waals surface area contributed by atoms with Gasteiger partial charge < -0.3 is 10.6 Å². The van der Waals surface area contributed by atoms with Gasteiger partial charge in [-0.2, -0.15) is 5.10 Å². The van der Waals surface area contributed by atoms with E-state index in [9.17, 15) is 9.59 Å². The lowest BCUT2D eigenvalue weighted by atomic mass is 10.1. The van der Waals surface area contributed by atoms with Gasteiger partial charge in [0.2, 0.25) is 5.91 Å². The van der Waals surface area contributed by atoms with Crippen molar-refractivity contribution >= 4 is 28.7 Å². The van der Waals surface area contributed by atoms with Crippen molar-refractivity contribution in [1.29, 1.82) is 0 Å². The summed E-state index contributed by atoms with van der Waals surface area (Å²) in [4.78, 5) is 32.0. The van der Waals surface area contributed by atoms with E-state index < -0.39 is 5.91 Å². The molecule has 0 unspecified atom stereocenters. The molecule has 0 aliphatic carbocycles. The number of hydrogen-bond acceptors (Lipinski definition) is 7. The quantitative estimate of drug-likeness (QED) is 0.441. The largest absolute Gasteiger partial charge is 0.324 e. The van der Waals surface area contributed by atoms with Crippen molar-refractivity contribution < 1.29 is 9.59 Å². The van der Waals surface area contributed by atoms with Crippen LogP contribution in [0.15, 0.2) is 43.0 Å². The summed E-state index contributed by atoms with van der Waals surface area (Å²) in [5.41, 5.74) is 4.27. The van der Waals surface area contributed by atoms with Gasteiger partial charge in [0.1, 0.15) is 0 Å². The van der Waals surface area contributed by atoms with Crippen LogP contribution in [-0.2, 0) is 11.8 Å². The number of anilines is 2. The molecule has 1 saturated heterocycles. The summed E-state index contributed by atoms with van der Waals surface area (Å²) in [7, 11) is 1.85. The number of hydrogen-bond donors (Lipinski definition) is 2. The Morgan fingerprint density at radius 3 is 2.74 bits per heavy atom. The number of rotatable bonds is 6. The summed E-state index contributed by atoms with van der Waals surface area (Å²) >= 11 is 0. The molecule has 4 aromatic heterocycles. The van der Waals surface area contributed by atoms with Gasteiger partial charge >= 0.3 is 0 Å². The normalized spacial score (nSPS) is 16.0. The number of nitrogens with zero attached hydrogens (tertiary/aromatic N) is 7. The fourth-order valence-electron chi connectivity index (χ4n) is 4.32. The van der Waals surface area contributed by atoms with Gasteiger partial charge in [-0.05, 0) is 45.4 Å². The molecule has 11 heteroatoms. The molecule has 1 aliphatic rings. The number of aromatic nitrogens is 6. The molecule has 5 rings (SSSR count). The van der Waals surface area contributed by atoms with Crippen LogP contribution >= 0.6 is 0 Å². The summed E-state index contributed by atoms with van der Waals surface area (Å²) in [5.74, 6) is -0.510. The molecule has 35 heavy (non-hydrogen) atoms. The summed E-state index contributed by atoms with van der Waals surface area (Å²) in [6.45, 7) is 5.19. The van der Waals surface area contributed by atoms with Crippen LogP contribution in [0.1, 0.15) is 35.9 Å². The monoisotopic (exact) mass is 473 g/mol. The molecular weight excluding hydrogens is 446 g/mol. The summed E-state index contributed by atoms with van der Waals surface area (Å²) in [6, 6.07) is 5.82. The zero-order valence-electron chi connectivity index (χ0n) is 19.9. The number of pyridine rings is 2. The predicted molar refractivity (Wildman–Crippen MR) is 131 cm³/mol. The fourth-order valence-corrected chi connectivity index (χ4v) is 4.32. The second-order valence-electron chi connectivity index (χ2n) is 8.91. The second-order valence-corrected chi connectivity index (χ2v) is 8.91. The summed E-state index contributed by atoms with van der Waals surface area (Å²) in [6.07, 6.45) is 9.28. The van der Waals surface area contributed by atoms with E-state index in [0.717, 1.165) is 30.5 Å². The Morgan fingerprint density at radius 2 is 2.00 bits per heavy atom. The van der Waals surface area contributed by atoms with Crippen molar-refractivity contribution in [3.05, 3.63) is 54.4 Å². The molecule has 2 N–H and O–H groups in total. The van der Waals surface area contributed by atoms with Crippen molar-refractivity contribution in [3.8, 4) is 11.1 Å². The molecule has 0 bridgehead atoms. The van der Waals surface area contributed by atoms with Crippen LogP contribution in [0.25, 0.3) is 16.6 Å². The van der Waals surface area contributed by atoms with E-state index in [1.165, 1.54) is 0 Å². The number of carbonyl (C=O) groups excluding carboxylic acids is 2. The van der Waals surface area contributed by atoms with Crippen LogP contribution in [0.3, 0.4) is 0 Å². The van der Waals surface area contributed by atoms with Crippen LogP contribution in [0, 0.1) is 6.92 Å². The maximum Gasteiger partial charge on any atom is 0.278 e. The Hall–Kier alpha value is -4.12. The minimum Gasteiger partial charge on any atom is -0.324 e. The van der Waals surface area contributed by atoms with Gasteiger partial charge in [-0.3, -0.25) is 24.2 Å². The molecule has 0 saturated carbocycles. The number of likely N-dealkylation sites (tertiary alicyclic amines) is 1. The molecular formula is C24H27N9O2. The third-order valence-electron chi connectivity index (χ3n) is 6.32. The number of fused-ring (bicyclic) bond motifs is 1. The van der Waals surface area contributed by atoms with E-state index in [1.807, 2.05) is 19.3 Å². The minimum atomic E-state index is -0.409. The molecule has 0 radical (unpaired) electrons. The predicted octanol–water partition coefficient (Wildman–Crippen LogP) is 2.51. The first-order chi connectivity index (χ1) is 16.9. The van der Waals surface area contributed by atoms with E-state index in [-0.39, 0.29) is 11.6 Å². The van der Waals surface area contributed by atoms with Gasteiger partial charge in [-0.15, -0.1) is 5.10 Å². The van der Waals surface area contributed by atoms with Crippen molar-refractivity contribution in [2.45, 2.75) is 32.7 Å². The minimum absolute atomic E-state index is 0.101. The van der Waals surface area contributed by atoms with Crippen molar-refractivity contribution in [3.63, 3.8) is 0 Å². The van der Waals surface area contributed by atoms with Gasteiger partial charge in [-0.25, -0.2) is 4.52 Å². The smallest absolute Gasteiger partial charge is 0.278 e. The summed E-state index contributed by atoms with van der Waals surface area (Å²) in [5, 5.41) is 18.1. The molecule has 0 spiro atoms. The van der Waals surface area contributed by atoms with Crippen LogP contribution in [0.5, 0.6) is 0 Å². The molecule has 2 amide bonds. The maximum absolute atomic E-state index is 13.0. The molecule has 4 aromatic rings. The van der Waals surface area contributed by atoms with E-state index in [4.69, 9.17) is 0 Å². The van der Waals surface area contributed by atoms with Gasteiger partial charge in [0.05, 0.1) is 41.5 Å². The lowest BCUT2D eigenvalue weighted by molar-refractivity contribution is -0.117. The van der Waals surface area contributed by atoms with E-state index in [2.05, 4.69) is 42.9 Å². The number of nitrogens with one attached hydrogen (secondary N) is 2. The molecule has 5 heterocycles. The summed E-state index contributed by atoms with van der Waals surface area (Å²) < 4.78 is 3.29. The fraction of sp³-hybridized carbons (Fsp3) is 0.333. The van der Waals surface area contributed by atoms with E-state index in [0.29, 0.717) is 35.2 Å². The average molecular weight is 474 g/mol. The standard InChI is InChI=1S/C24H27N9O2/c1-15-5-4-8-32(15)14-22(34)27-19-9-20(16(2)25-11-19)28-24(35)23-21-7-6-17(13-33(21)30-29-23)18-10-26-31(3)12-18/h6-7,9-13,15H,4-5,8,14H2,1-3H3,(H,27,34)(H,28,35)/t15-/m0/s1. The first-order valence-electron chi connectivity index (χ1n) is 11.5. The highest BCUT2D eigenvalue weighted by atomic mass is 16.2. The Balaban J connectivity index is 1.30. The first-order valence-corrected chi connectivity index (χ1v) is 11.5. The topological polar surface area (TPSA) is 122 Å². The molecule has 0 aromatic carbocycles. The van der Waals surface area contributed by atoms with Crippen LogP contribution in [-0.4, -0.2) is 65.4 Å². The van der Waals surface area contributed by atoms with Crippen molar-refractivity contribution in [2.75, 3.05) is 23.7 Å². The highest BCUT2D eigenvalue weighted by molar-refractivity contribution is 6.08. The number of aryl methyl sites for hydroxylation is 2. The Morgan fingerprint density at radius 1 is 1.14 bits per heavy atom. The Labute approximate surface area is 202 Å². The Kier molecular flexibility index (Phi) is 6.00. The average Bonchev–Trinajstić information content (AvgIpc) is 3.56. The maximum atomic E-state index is 13.0. The van der Waals surface area contributed by atoms with Gasteiger partial charge in [-0.1, -0.05) is 11.3 Å². The third-order valence-corrected chi connectivity index (χ3v) is 6.32. The van der Waals surface area contributed by atoms with Crippen molar-refractivity contribution in [1.82, 2.24) is 34.5 Å². The van der Waals surface area contributed by atoms with Crippen molar-refractivity contribution in [2.24, 2.45) is 7.05 Å². The zero-order valence-corrected chi connectivity index (χ0v) is 19.9. The van der Waals surface area contributed by atoms with Crippen LogP contribution < -0.4 is 10.6 Å². The van der Waals surface area contributed by atoms with Crippen LogP contribution in [0.2, 0.25) is 0 Å². The van der Waals surface area contributed by atoms with Crippen LogP contribution in [0.4, 0.5) is 11.4 Å². The Bertz CT molecular complexity index is 1410. The molecule has 1 aliphatic heterocycles. The lowest BCUT2D eigenvalue weighted by Crippen LogP contribution is -2.35. The highest BCUT2D eigenvalue weighted by Gasteiger charge is 2.22. The number of amides is 2. The second kappa shape index (κ2) is 9.26. The lowest BCUT2D eigenvalue weighted by Gasteiger charge is -2.20. The zero-order chi connectivity index (χ0) is 24.5. The molecule has 180 valence electrons. The SMILES string of the molecule is Cc1ncc(NC(=O)CN2CCC[C@@H]2C)cc1NC(=O)c1nnn2cc(-c3cnn(C)c3)ccc12.